The van der Waals surface area contributed by atoms with E-state index in [0.717, 1.165) is 23.6 Å². The fraction of sp³-hybridized carbons (Fsp3) is 0.375. The van der Waals surface area contributed by atoms with Gasteiger partial charge in [-0.05, 0) is 17.9 Å². The van der Waals surface area contributed by atoms with Crippen molar-refractivity contribution >= 4 is 30.5 Å². The number of benzene rings is 1. The predicted octanol–water partition coefficient (Wildman–Crippen LogP) is 3.80. The number of aromatic nitrogens is 1. The molecule has 25 heavy (non-hydrogen) atoms. The molecule has 1 amide bonds. The highest BCUT2D eigenvalue weighted by atomic mass is 31.2. The third-order valence-electron chi connectivity index (χ3n) is 3.40. The lowest BCUT2D eigenvalue weighted by Gasteiger charge is -2.18. The number of unbranched alkanes of at least 4 members (excludes halogenated alkanes) is 2. The first-order chi connectivity index (χ1) is 11.9. The Morgan fingerprint density at radius 3 is 2.68 bits per heavy atom. The van der Waals surface area contributed by atoms with Crippen molar-refractivity contribution in [2.24, 2.45) is 0 Å². The molecule has 0 radical (unpaired) electrons. The molecule has 9 heteroatoms. The van der Waals surface area contributed by atoms with Gasteiger partial charge in [0.15, 0.2) is 0 Å². The zero-order valence-electron chi connectivity index (χ0n) is 13.8. The van der Waals surface area contributed by atoms with Crippen LogP contribution >= 0.6 is 7.82 Å². The van der Waals surface area contributed by atoms with E-state index in [0.29, 0.717) is 6.42 Å². The number of hydrogen-bond donors (Lipinski definition) is 3. The molecule has 1 atom stereocenters. The Morgan fingerprint density at radius 1 is 1.28 bits per heavy atom. The molecule has 0 saturated carbocycles. The molecule has 1 unspecified atom stereocenters. The van der Waals surface area contributed by atoms with Gasteiger partial charge in [-0.25, -0.2) is 18.9 Å². The number of anilines is 1. The number of fused-ring (bicyclic) bond motifs is 1. The Hall–Kier alpha value is -1.99. The molecule has 136 valence electrons. The predicted molar refractivity (Wildman–Crippen MR) is 92.9 cm³/mol. The standard InChI is InChI=1S/C16H21N2O6P/c1-2-3-4-9-15(24-25(20,21)22)23-16(19)18-14-10-12-7-5-6-8-13(12)11-17-14/h5-8,10-11,15H,2-4,9H2,1H3,(H,17,18,19)(H2,20,21,22). The minimum atomic E-state index is -4.76. The summed E-state index contributed by atoms with van der Waals surface area (Å²) in [5.41, 5.74) is 0. The number of ether oxygens (including phenoxy) is 1. The number of pyridine rings is 1. The third-order valence-corrected chi connectivity index (χ3v) is 3.91. The van der Waals surface area contributed by atoms with Gasteiger partial charge in [-0.2, -0.15) is 0 Å². The number of amides is 1. The van der Waals surface area contributed by atoms with Gasteiger partial charge >= 0.3 is 13.9 Å². The molecule has 2 aromatic rings. The fourth-order valence-electron chi connectivity index (χ4n) is 2.25. The Kier molecular flexibility index (Phi) is 6.90. The van der Waals surface area contributed by atoms with Crippen LogP contribution in [0.2, 0.25) is 0 Å². The maximum Gasteiger partial charge on any atom is 0.472 e. The van der Waals surface area contributed by atoms with Crippen molar-refractivity contribution in [1.82, 2.24) is 4.98 Å². The number of rotatable bonds is 8. The number of nitrogens with one attached hydrogen (secondary N) is 1. The summed E-state index contributed by atoms with van der Waals surface area (Å²) in [6, 6.07) is 9.18. The van der Waals surface area contributed by atoms with E-state index in [-0.39, 0.29) is 12.2 Å². The summed E-state index contributed by atoms with van der Waals surface area (Å²) in [7, 11) is -4.76. The lowest BCUT2D eigenvalue weighted by atomic mass is 10.2. The van der Waals surface area contributed by atoms with Crippen LogP contribution in [0.5, 0.6) is 0 Å². The average molecular weight is 368 g/mol. The van der Waals surface area contributed by atoms with E-state index in [4.69, 9.17) is 14.5 Å². The highest BCUT2D eigenvalue weighted by Gasteiger charge is 2.25. The SMILES string of the molecule is CCCCCC(OC(=O)Nc1cc2ccccc2cn1)OP(=O)(O)O. The summed E-state index contributed by atoms with van der Waals surface area (Å²) in [4.78, 5) is 33.9. The fourth-order valence-corrected chi connectivity index (χ4v) is 2.71. The summed E-state index contributed by atoms with van der Waals surface area (Å²) in [6.07, 6.45) is 1.94. The van der Waals surface area contributed by atoms with E-state index < -0.39 is 20.2 Å². The maximum atomic E-state index is 12.0. The van der Waals surface area contributed by atoms with Gasteiger partial charge in [0.2, 0.25) is 6.29 Å². The summed E-state index contributed by atoms with van der Waals surface area (Å²) < 4.78 is 20.5. The zero-order chi connectivity index (χ0) is 18.3. The van der Waals surface area contributed by atoms with Gasteiger partial charge in [-0.15, -0.1) is 0 Å². The third kappa shape index (κ3) is 6.80. The summed E-state index contributed by atoms with van der Waals surface area (Å²) in [6.45, 7) is 1.98. The highest BCUT2D eigenvalue weighted by molar-refractivity contribution is 7.46. The first-order valence-electron chi connectivity index (χ1n) is 7.94. The van der Waals surface area contributed by atoms with Crippen molar-refractivity contribution in [3.8, 4) is 0 Å². The monoisotopic (exact) mass is 368 g/mol. The Labute approximate surface area is 145 Å². The Balaban J connectivity index is 1.99. The molecule has 0 spiro atoms. The van der Waals surface area contributed by atoms with Crippen LogP contribution in [0.15, 0.2) is 36.5 Å². The first kappa shape index (κ1) is 19.3. The van der Waals surface area contributed by atoms with Crippen molar-refractivity contribution in [2.75, 3.05) is 5.32 Å². The van der Waals surface area contributed by atoms with E-state index in [2.05, 4.69) is 14.8 Å². The quantitative estimate of drug-likeness (QED) is 0.368. The Morgan fingerprint density at radius 2 is 2.00 bits per heavy atom. The molecule has 0 aliphatic carbocycles. The molecule has 3 N–H and O–H groups in total. The highest BCUT2D eigenvalue weighted by Crippen LogP contribution is 2.39. The topological polar surface area (TPSA) is 118 Å². The van der Waals surface area contributed by atoms with E-state index >= 15 is 0 Å². The number of nitrogens with zero attached hydrogens (tertiary/aromatic N) is 1. The maximum absolute atomic E-state index is 12.0. The second-order valence-electron chi connectivity index (χ2n) is 5.47. The van der Waals surface area contributed by atoms with Gasteiger partial charge in [0.25, 0.3) is 0 Å². The average Bonchev–Trinajstić information content (AvgIpc) is 2.53. The van der Waals surface area contributed by atoms with Crippen LogP contribution in [0, 0.1) is 0 Å². The van der Waals surface area contributed by atoms with Gasteiger partial charge in [-0.3, -0.25) is 5.32 Å². The van der Waals surface area contributed by atoms with Gasteiger partial charge in [-0.1, -0.05) is 44.0 Å². The number of carbonyl (C=O) groups is 1. The lowest BCUT2D eigenvalue weighted by molar-refractivity contribution is -0.0485. The zero-order valence-corrected chi connectivity index (χ0v) is 14.7. The molecule has 2 rings (SSSR count). The van der Waals surface area contributed by atoms with E-state index in [1.807, 2.05) is 31.2 Å². The molecule has 1 heterocycles. The molecule has 1 aromatic heterocycles. The summed E-state index contributed by atoms with van der Waals surface area (Å²) in [5.74, 6) is 0.271. The number of phosphoric ester groups is 1. The van der Waals surface area contributed by atoms with Crippen LogP contribution in [0.4, 0.5) is 10.6 Å². The molecule has 1 aromatic carbocycles. The van der Waals surface area contributed by atoms with Crippen LogP contribution in [-0.4, -0.2) is 27.2 Å². The minimum absolute atomic E-state index is 0.192. The van der Waals surface area contributed by atoms with Crippen molar-refractivity contribution < 1.29 is 28.4 Å². The first-order valence-corrected chi connectivity index (χ1v) is 9.47. The lowest BCUT2D eigenvalue weighted by Crippen LogP contribution is -2.24. The van der Waals surface area contributed by atoms with Gasteiger partial charge in [0.05, 0.1) is 0 Å². The molecule has 0 bridgehead atoms. The summed E-state index contributed by atoms with van der Waals surface area (Å²) >= 11 is 0. The van der Waals surface area contributed by atoms with Crippen molar-refractivity contribution in [3.05, 3.63) is 36.5 Å². The van der Waals surface area contributed by atoms with Crippen molar-refractivity contribution in [2.45, 2.75) is 38.9 Å². The number of hydrogen-bond acceptors (Lipinski definition) is 5. The van der Waals surface area contributed by atoms with Crippen LogP contribution in [0.25, 0.3) is 10.8 Å². The normalized spacial score (nSPS) is 12.8. The number of carbonyl (C=O) groups excluding carboxylic acids is 1. The molecule has 0 aliphatic heterocycles. The molecule has 0 aliphatic rings. The van der Waals surface area contributed by atoms with Crippen LogP contribution < -0.4 is 5.32 Å². The van der Waals surface area contributed by atoms with E-state index in [1.54, 1.807) is 12.3 Å². The second-order valence-corrected chi connectivity index (χ2v) is 6.66. The van der Waals surface area contributed by atoms with Crippen LogP contribution in [0.1, 0.15) is 32.6 Å². The Bertz CT molecular complexity index is 763. The molecule has 0 saturated heterocycles. The van der Waals surface area contributed by atoms with Crippen molar-refractivity contribution in [3.63, 3.8) is 0 Å². The van der Waals surface area contributed by atoms with Gasteiger partial charge < -0.3 is 14.5 Å². The van der Waals surface area contributed by atoms with Gasteiger partial charge in [0, 0.05) is 18.0 Å². The van der Waals surface area contributed by atoms with E-state index in [9.17, 15) is 9.36 Å². The van der Waals surface area contributed by atoms with E-state index in [1.165, 1.54) is 0 Å². The molecule has 0 fully saturated rings. The molecular formula is C16H21N2O6P. The van der Waals surface area contributed by atoms with Crippen molar-refractivity contribution in [1.29, 1.82) is 0 Å². The van der Waals surface area contributed by atoms with Crippen LogP contribution in [0.3, 0.4) is 0 Å². The second kappa shape index (κ2) is 8.92. The van der Waals surface area contributed by atoms with Crippen LogP contribution in [-0.2, 0) is 13.8 Å². The minimum Gasteiger partial charge on any atom is -0.419 e. The molecule has 8 nitrogen and oxygen atoms in total. The number of phosphoric acid groups is 1. The largest absolute Gasteiger partial charge is 0.472 e. The molecular weight excluding hydrogens is 347 g/mol. The smallest absolute Gasteiger partial charge is 0.419 e. The van der Waals surface area contributed by atoms with Gasteiger partial charge in [0.1, 0.15) is 5.82 Å². The summed E-state index contributed by atoms with van der Waals surface area (Å²) in [5, 5.41) is 4.24.